The predicted octanol–water partition coefficient (Wildman–Crippen LogP) is 4.87. The summed E-state index contributed by atoms with van der Waals surface area (Å²) in [6.45, 7) is 4.40. The van der Waals surface area contributed by atoms with Crippen LogP contribution in [0.3, 0.4) is 0 Å². The number of urea groups is 1. The largest absolute Gasteiger partial charge is 0.338 e. The molecule has 7 heteroatoms. The van der Waals surface area contributed by atoms with E-state index in [4.69, 9.17) is 0 Å². The van der Waals surface area contributed by atoms with Gasteiger partial charge in [0.2, 0.25) is 0 Å². The van der Waals surface area contributed by atoms with Gasteiger partial charge >= 0.3 is 6.03 Å². The van der Waals surface area contributed by atoms with Gasteiger partial charge in [0.1, 0.15) is 0 Å². The number of nitrogens with zero attached hydrogens (tertiary/aromatic N) is 3. The third kappa shape index (κ3) is 3.70. The molecule has 0 aliphatic rings. The summed E-state index contributed by atoms with van der Waals surface area (Å²) in [6, 6.07) is 11.9. The van der Waals surface area contributed by atoms with Crippen molar-refractivity contribution in [3.8, 4) is 22.3 Å². The minimum atomic E-state index is -0.257. The molecule has 0 fully saturated rings. The molecule has 0 radical (unpaired) electrons. The average molecular weight is 389 g/mol. The summed E-state index contributed by atoms with van der Waals surface area (Å²) in [4.78, 5) is 25.2. The first kappa shape index (κ1) is 18.1. The number of carbonyl (C=O) groups is 1. The van der Waals surface area contributed by atoms with Crippen LogP contribution in [-0.4, -0.2) is 27.5 Å². The Bertz CT molecular complexity index is 1120. The second-order valence-corrected chi connectivity index (χ2v) is 7.30. The van der Waals surface area contributed by atoms with Gasteiger partial charge in [-0.25, -0.2) is 9.78 Å². The lowest BCUT2D eigenvalue weighted by Crippen LogP contribution is -2.28. The number of hydrogen-bond acceptors (Lipinski definition) is 5. The quantitative estimate of drug-likeness (QED) is 0.522. The Labute approximate surface area is 166 Å². The topological polar surface area (TPSA) is 79.8 Å². The first-order valence-corrected chi connectivity index (χ1v) is 9.78. The van der Waals surface area contributed by atoms with Gasteiger partial charge in [-0.2, -0.15) is 0 Å². The minimum Gasteiger partial charge on any atom is -0.338 e. The number of carbonyl (C=O) groups excluding carboxylic acids is 1. The number of pyridine rings is 2. The van der Waals surface area contributed by atoms with E-state index in [1.54, 1.807) is 6.20 Å². The van der Waals surface area contributed by atoms with Crippen LogP contribution in [0.4, 0.5) is 9.93 Å². The maximum atomic E-state index is 11.9. The van der Waals surface area contributed by atoms with Crippen molar-refractivity contribution < 1.29 is 4.79 Å². The lowest BCUT2D eigenvalue weighted by molar-refractivity contribution is 0.252. The van der Waals surface area contributed by atoms with Crippen molar-refractivity contribution in [3.63, 3.8) is 0 Å². The fraction of sp³-hybridized carbons (Fsp3) is 0.143. The van der Waals surface area contributed by atoms with Gasteiger partial charge in [0.25, 0.3) is 0 Å². The highest BCUT2D eigenvalue weighted by molar-refractivity contribution is 7.22. The number of anilines is 1. The Morgan fingerprint density at radius 1 is 1.11 bits per heavy atom. The van der Waals surface area contributed by atoms with Gasteiger partial charge in [0.05, 0.1) is 10.2 Å². The molecule has 1 aromatic carbocycles. The molecule has 2 N–H and O–H groups in total. The molecule has 3 heterocycles. The lowest BCUT2D eigenvalue weighted by Gasteiger charge is -2.07. The van der Waals surface area contributed by atoms with Crippen molar-refractivity contribution in [2.45, 2.75) is 13.8 Å². The summed E-state index contributed by atoms with van der Waals surface area (Å²) in [5, 5.41) is 6.10. The van der Waals surface area contributed by atoms with Gasteiger partial charge in [-0.3, -0.25) is 15.3 Å². The second kappa shape index (κ2) is 7.74. The van der Waals surface area contributed by atoms with E-state index < -0.39 is 0 Å². The molecule has 3 aromatic heterocycles. The summed E-state index contributed by atoms with van der Waals surface area (Å²) in [5.41, 5.74) is 5.86. The Morgan fingerprint density at radius 2 is 2.00 bits per heavy atom. The predicted molar refractivity (Wildman–Crippen MR) is 114 cm³/mol. The zero-order valence-corrected chi connectivity index (χ0v) is 16.4. The number of hydrogen-bond donors (Lipinski definition) is 2. The minimum absolute atomic E-state index is 0.257. The highest BCUT2D eigenvalue weighted by Crippen LogP contribution is 2.38. The SMILES string of the molecule is CCNC(=O)Nc1nc2cc(-c3cccnc3)cc(-c3ccc(C)nc3)c2s1. The fourth-order valence-electron chi connectivity index (χ4n) is 2.93. The van der Waals surface area contributed by atoms with Crippen LogP contribution in [0.1, 0.15) is 12.6 Å². The number of aromatic nitrogens is 3. The van der Waals surface area contributed by atoms with E-state index >= 15 is 0 Å². The van der Waals surface area contributed by atoms with Crippen molar-refractivity contribution in [2.24, 2.45) is 0 Å². The van der Waals surface area contributed by atoms with Crippen LogP contribution in [0.2, 0.25) is 0 Å². The Kier molecular flexibility index (Phi) is 4.99. The van der Waals surface area contributed by atoms with E-state index in [9.17, 15) is 4.79 Å². The third-order valence-electron chi connectivity index (χ3n) is 4.27. The van der Waals surface area contributed by atoms with E-state index in [2.05, 4.69) is 37.7 Å². The zero-order chi connectivity index (χ0) is 19.5. The zero-order valence-electron chi connectivity index (χ0n) is 15.6. The van der Waals surface area contributed by atoms with E-state index in [0.717, 1.165) is 38.2 Å². The number of benzene rings is 1. The van der Waals surface area contributed by atoms with Gasteiger partial charge in [-0.1, -0.05) is 23.5 Å². The van der Waals surface area contributed by atoms with Crippen molar-refractivity contribution in [2.75, 3.05) is 11.9 Å². The first-order valence-electron chi connectivity index (χ1n) is 8.97. The molecule has 28 heavy (non-hydrogen) atoms. The van der Waals surface area contributed by atoms with Crippen LogP contribution in [-0.2, 0) is 0 Å². The van der Waals surface area contributed by atoms with Gasteiger partial charge in [-0.15, -0.1) is 0 Å². The lowest BCUT2D eigenvalue weighted by atomic mass is 10.00. The smallest absolute Gasteiger partial charge is 0.321 e. The molecule has 0 aliphatic heterocycles. The van der Waals surface area contributed by atoms with Crippen LogP contribution < -0.4 is 10.6 Å². The maximum Gasteiger partial charge on any atom is 0.321 e. The van der Waals surface area contributed by atoms with Crippen LogP contribution in [0.25, 0.3) is 32.5 Å². The molecule has 4 aromatic rings. The molecular weight excluding hydrogens is 370 g/mol. The normalized spacial score (nSPS) is 10.8. The molecule has 0 aliphatic carbocycles. The van der Waals surface area contributed by atoms with E-state index in [0.29, 0.717) is 11.7 Å². The molecule has 2 amide bonds. The standard InChI is InChI=1S/C21H19N5OS/c1-3-23-20(27)26-21-25-18-10-16(14-5-4-8-22-11-14)9-17(19(18)28-21)15-7-6-13(2)24-12-15/h4-12H,3H2,1-2H3,(H2,23,25,26,27). The number of fused-ring (bicyclic) bond motifs is 1. The summed E-state index contributed by atoms with van der Waals surface area (Å²) < 4.78 is 1.00. The second-order valence-electron chi connectivity index (χ2n) is 6.31. The summed E-state index contributed by atoms with van der Waals surface area (Å²) >= 11 is 1.45. The van der Waals surface area contributed by atoms with Crippen LogP contribution in [0.15, 0.2) is 55.0 Å². The molecule has 6 nitrogen and oxygen atoms in total. The number of amides is 2. The molecule has 0 bridgehead atoms. The summed E-state index contributed by atoms with van der Waals surface area (Å²) in [7, 11) is 0. The van der Waals surface area contributed by atoms with Gasteiger partial charge in [0, 0.05) is 47.5 Å². The van der Waals surface area contributed by atoms with Crippen molar-refractivity contribution in [1.82, 2.24) is 20.3 Å². The highest BCUT2D eigenvalue weighted by atomic mass is 32.1. The Balaban J connectivity index is 1.86. The van der Waals surface area contributed by atoms with Crippen LogP contribution in [0, 0.1) is 6.92 Å². The molecule has 0 atom stereocenters. The molecule has 0 saturated heterocycles. The monoisotopic (exact) mass is 389 g/mol. The summed E-state index contributed by atoms with van der Waals surface area (Å²) in [5.74, 6) is 0. The van der Waals surface area contributed by atoms with Gasteiger partial charge in [0.15, 0.2) is 5.13 Å². The maximum absolute atomic E-state index is 11.9. The van der Waals surface area contributed by atoms with Gasteiger partial charge in [-0.05, 0) is 43.7 Å². The fourth-order valence-corrected chi connectivity index (χ4v) is 3.91. The molecule has 4 rings (SSSR count). The molecule has 0 unspecified atom stereocenters. The number of aryl methyl sites for hydroxylation is 1. The molecular formula is C21H19N5OS. The molecule has 140 valence electrons. The molecule has 0 spiro atoms. The van der Waals surface area contributed by atoms with Crippen molar-refractivity contribution in [1.29, 1.82) is 0 Å². The Hall–Kier alpha value is -3.32. The number of nitrogens with one attached hydrogen (secondary N) is 2. The van der Waals surface area contributed by atoms with Crippen LogP contribution >= 0.6 is 11.3 Å². The van der Waals surface area contributed by atoms with E-state index in [-0.39, 0.29) is 6.03 Å². The van der Waals surface area contributed by atoms with E-state index in [1.807, 2.05) is 50.5 Å². The van der Waals surface area contributed by atoms with Crippen molar-refractivity contribution in [3.05, 3.63) is 60.7 Å². The third-order valence-corrected chi connectivity index (χ3v) is 5.28. The van der Waals surface area contributed by atoms with Crippen molar-refractivity contribution >= 4 is 32.7 Å². The van der Waals surface area contributed by atoms with E-state index in [1.165, 1.54) is 11.3 Å². The van der Waals surface area contributed by atoms with Crippen LogP contribution in [0.5, 0.6) is 0 Å². The number of rotatable bonds is 4. The number of thiazole rings is 1. The molecule has 0 saturated carbocycles. The average Bonchev–Trinajstić information content (AvgIpc) is 3.11. The highest BCUT2D eigenvalue weighted by Gasteiger charge is 2.14. The first-order chi connectivity index (χ1) is 13.6. The summed E-state index contributed by atoms with van der Waals surface area (Å²) in [6.07, 6.45) is 5.45. The van der Waals surface area contributed by atoms with Gasteiger partial charge < -0.3 is 5.32 Å². The Morgan fingerprint density at radius 3 is 2.71 bits per heavy atom.